The monoisotopic (exact) mass is 234 g/mol. The summed E-state index contributed by atoms with van der Waals surface area (Å²) in [5.74, 6) is 0. The second-order valence-corrected chi connectivity index (χ2v) is 4.62. The number of morpholine rings is 1. The van der Waals surface area contributed by atoms with Gasteiger partial charge >= 0.3 is 0 Å². The van der Waals surface area contributed by atoms with Crippen LogP contribution in [0.2, 0.25) is 0 Å². The molecular formula is C11H23ClN2O. The number of ether oxygens (including phenoxy) is 1. The first kappa shape index (κ1) is 13.2. The molecule has 1 unspecified atom stereocenters. The third kappa shape index (κ3) is 6.36. The van der Waals surface area contributed by atoms with Crippen molar-refractivity contribution in [3.8, 4) is 0 Å². The van der Waals surface area contributed by atoms with E-state index in [1.807, 2.05) is 0 Å². The molecule has 0 aromatic heterocycles. The maximum absolute atomic E-state index is 6.03. The van der Waals surface area contributed by atoms with Crippen LogP contribution in [0.5, 0.6) is 0 Å². The van der Waals surface area contributed by atoms with Gasteiger partial charge in [0.15, 0.2) is 0 Å². The Morgan fingerprint density at radius 2 is 2.07 bits per heavy atom. The van der Waals surface area contributed by atoms with E-state index < -0.39 is 0 Å². The third-order valence-electron chi connectivity index (χ3n) is 2.79. The first-order chi connectivity index (χ1) is 7.33. The van der Waals surface area contributed by atoms with E-state index in [1.165, 1.54) is 0 Å². The van der Waals surface area contributed by atoms with E-state index in [1.54, 1.807) is 0 Å². The molecule has 0 aliphatic carbocycles. The molecule has 0 radical (unpaired) electrons. The molecule has 15 heavy (non-hydrogen) atoms. The number of halogens is 1. The minimum absolute atomic E-state index is 0.334. The molecular weight excluding hydrogens is 212 g/mol. The van der Waals surface area contributed by atoms with E-state index in [0.29, 0.717) is 5.38 Å². The molecule has 1 aliphatic rings. The lowest BCUT2D eigenvalue weighted by Crippen LogP contribution is -2.40. The molecule has 0 spiro atoms. The second kappa shape index (κ2) is 8.34. The SMILES string of the molecule is CCC(Cl)CCNCCN1CCOCC1. The summed E-state index contributed by atoms with van der Waals surface area (Å²) in [7, 11) is 0. The second-order valence-electron chi connectivity index (χ2n) is 4.00. The van der Waals surface area contributed by atoms with Crippen LogP contribution >= 0.6 is 11.6 Å². The van der Waals surface area contributed by atoms with Gasteiger partial charge in [-0.2, -0.15) is 0 Å². The molecule has 0 bridgehead atoms. The van der Waals surface area contributed by atoms with Crippen molar-refractivity contribution in [2.24, 2.45) is 0 Å². The van der Waals surface area contributed by atoms with Crippen molar-refractivity contribution >= 4 is 11.6 Å². The number of nitrogens with zero attached hydrogens (tertiary/aromatic N) is 1. The summed E-state index contributed by atoms with van der Waals surface area (Å²) in [5.41, 5.74) is 0. The molecule has 3 nitrogen and oxygen atoms in total. The van der Waals surface area contributed by atoms with Crippen LogP contribution in [0.25, 0.3) is 0 Å². The Morgan fingerprint density at radius 1 is 1.33 bits per heavy atom. The molecule has 1 N–H and O–H groups in total. The number of alkyl halides is 1. The van der Waals surface area contributed by atoms with E-state index in [-0.39, 0.29) is 0 Å². The molecule has 0 saturated carbocycles. The summed E-state index contributed by atoms with van der Waals surface area (Å²) in [6.45, 7) is 9.29. The van der Waals surface area contributed by atoms with Crippen molar-refractivity contribution < 1.29 is 4.74 Å². The lowest BCUT2D eigenvalue weighted by Gasteiger charge is -2.26. The Morgan fingerprint density at radius 3 is 2.73 bits per heavy atom. The standard InChI is InChI=1S/C11H23ClN2O/c1-2-11(12)3-4-13-5-6-14-7-9-15-10-8-14/h11,13H,2-10H2,1H3. The first-order valence-corrected chi connectivity index (χ1v) is 6.41. The fourth-order valence-corrected chi connectivity index (χ4v) is 1.76. The lowest BCUT2D eigenvalue weighted by atomic mass is 10.2. The van der Waals surface area contributed by atoms with Gasteiger partial charge in [-0.25, -0.2) is 0 Å². The zero-order chi connectivity index (χ0) is 10.9. The normalized spacial score (nSPS) is 20.4. The largest absolute Gasteiger partial charge is 0.379 e. The molecule has 1 saturated heterocycles. The third-order valence-corrected chi connectivity index (χ3v) is 3.31. The number of hydrogen-bond acceptors (Lipinski definition) is 3. The summed E-state index contributed by atoms with van der Waals surface area (Å²) >= 11 is 6.03. The zero-order valence-corrected chi connectivity index (χ0v) is 10.4. The first-order valence-electron chi connectivity index (χ1n) is 5.97. The Hall–Kier alpha value is 0.170. The fourth-order valence-electron chi connectivity index (χ4n) is 1.65. The van der Waals surface area contributed by atoms with Crippen molar-refractivity contribution in [1.29, 1.82) is 0 Å². The van der Waals surface area contributed by atoms with Crippen LogP contribution in [0.15, 0.2) is 0 Å². The van der Waals surface area contributed by atoms with Gasteiger partial charge in [-0.1, -0.05) is 6.92 Å². The van der Waals surface area contributed by atoms with Crippen molar-refractivity contribution in [3.63, 3.8) is 0 Å². The van der Waals surface area contributed by atoms with Gasteiger partial charge in [-0.15, -0.1) is 11.6 Å². The Kier molecular flexibility index (Phi) is 7.36. The zero-order valence-electron chi connectivity index (χ0n) is 9.67. The van der Waals surface area contributed by atoms with E-state index in [4.69, 9.17) is 16.3 Å². The Balaban J connectivity index is 1.87. The predicted molar refractivity (Wildman–Crippen MR) is 64.7 cm³/mol. The molecule has 0 aromatic carbocycles. The topological polar surface area (TPSA) is 24.5 Å². The molecule has 1 rings (SSSR count). The summed E-state index contributed by atoms with van der Waals surface area (Å²) in [5, 5.41) is 3.77. The highest BCUT2D eigenvalue weighted by Gasteiger charge is 2.08. The summed E-state index contributed by atoms with van der Waals surface area (Å²) in [6, 6.07) is 0. The summed E-state index contributed by atoms with van der Waals surface area (Å²) < 4.78 is 5.29. The maximum Gasteiger partial charge on any atom is 0.0594 e. The Labute approximate surface area is 98.1 Å². The van der Waals surface area contributed by atoms with Gasteiger partial charge in [0, 0.05) is 31.6 Å². The molecule has 1 heterocycles. The average Bonchev–Trinajstić information content (AvgIpc) is 2.29. The predicted octanol–water partition coefficient (Wildman–Crippen LogP) is 1.32. The quantitative estimate of drug-likeness (QED) is 0.531. The van der Waals surface area contributed by atoms with Crippen LogP contribution in [-0.2, 0) is 4.74 Å². The minimum atomic E-state index is 0.334. The molecule has 0 amide bonds. The minimum Gasteiger partial charge on any atom is -0.379 e. The van der Waals surface area contributed by atoms with Crippen LogP contribution in [-0.4, -0.2) is 56.2 Å². The summed E-state index contributed by atoms with van der Waals surface area (Å²) in [6.07, 6.45) is 2.13. The van der Waals surface area contributed by atoms with Gasteiger partial charge in [-0.05, 0) is 19.4 Å². The van der Waals surface area contributed by atoms with E-state index >= 15 is 0 Å². The Bertz CT molecular complexity index is 152. The van der Waals surface area contributed by atoms with Crippen LogP contribution in [0, 0.1) is 0 Å². The smallest absolute Gasteiger partial charge is 0.0594 e. The number of nitrogens with one attached hydrogen (secondary N) is 1. The van der Waals surface area contributed by atoms with Crippen LogP contribution < -0.4 is 5.32 Å². The molecule has 1 aliphatic heterocycles. The van der Waals surface area contributed by atoms with Crippen LogP contribution in [0.3, 0.4) is 0 Å². The van der Waals surface area contributed by atoms with Crippen molar-refractivity contribution in [1.82, 2.24) is 10.2 Å². The average molecular weight is 235 g/mol. The van der Waals surface area contributed by atoms with E-state index in [0.717, 1.165) is 58.8 Å². The molecule has 1 atom stereocenters. The highest BCUT2D eigenvalue weighted by atomic mass is 35.5. The van der Waals surface area contributed by atoms with Gasteiger partial charge in [0.05, 0.1) is 13.2 Å². The number of hydrogen-bond donors (Lipinski definition) is 1. The van der Waals surface area contributed by atoms with Crippen LogP contribution in [0.4, 0.5) is 0 Å². The van der Waals surface area contributed by atoms with Gasteiger partial charge < -0.3 is 10.1 Å². The van der Waals surface area contributed by atoms with Gasteiger partial charge in [0.1, 0.15) is 0 Å². The molecule has 1 fully saturated rings. The number of rotatable bonds is 7. The fraction of sp³-hybridized carbons (Fsp3) is 1.00. The van der Waals surface area contributed by atoms with E-state index in [9.17, 15) is 0 Å². The highest BCUT2D eigenvalue weighted by molar-refractivity contribution is 6.20. The van der Waals surface area contributed by atoms with Crippen molar-refractivity contribution in [2.75, 3.05) is 45.9 Å². The summed E-state index contributed by atoms with van der Waals surface area (Å²) in [4.78, 5) is 2.44. The van der Waals surface area contributed by atoms with Gasteiger partial charge in [-0.3, -0.25) is 4.90 Å². The maximum atomic E-state index is 6.03. The molecule has 90 valence electrons. The van der Waals surface area contributed by atoms with Gasteiger partial charge in [0.2, 0.25) is 0 Å². The lowest BCUT2D eigenvalue weighted by molar-refractivity contribution is 0.0384. The van der Waals surface area contributed by atoms with Crippen LogP contribution in [0.1, 0.15) is 19.8 Å². The van der Waals surface area contributed by atoms with E-state index in [2.05, 4.69) is 17.1 Å². The molecule has 4 heteroatoms. The highest BCUT2D eigenvalue weighted by Crippen LogP contribution is 2.04. The van der Waals surface area contributed by atoms with Gasteiger partial charge in [0.25, 0.3) is 0 Å². The van der Waals surface area contributed by atoms with Crippen molar-refractivity contribution in [2.45, 2.75) is 25.1 Å². The van der Waals surface area contributed by atoms with Crippen molar-refractivity contribution in [3.05, 3.63) is 0 Å². The molecule has 0 aromatic rings.